The van der Waals surface area contributed by atoms with Crippen molar-refractivity contribution >= 4 is 33.4 Å². The van der Waals surface area contributed by atoms with Gasteiger partial charge in [0.2, 0.25) is 10.0 Å². The van der Waals surface area contributed by atoms with E-state index in [0.717, 1.165) is 19.3 Å². The first kappa shape index (κ1) is 19.7. The molecule has 25 heavy (non-hydrogen) atoms. The van der Waals surface area contributed by atoms with Gasteiger partial charge in [0, 0.05) is 31.2 Å². The number of carbonyl (C=O) groups excluding carboxylic acids is 2. The number of sulfonamides is 1. The van der Waals surface area contributed by atoms with Crippen LogP contribution in [0.15, 0.2) is 29.2 Å². The number of hydrogen-bond donors (Lipinski definition) is 2. The van der Waals surface area contributed by atoms with Gasteiger partial charge in [-0.15, -0.1) is 0 Å². The Bertz CT molecular complexity index is 721. The first-order valence-corrected chi connectivity index (χ1v) is 9.95. The van der Waals surface area contributed by atoms with Crippen LogP contribution >= 0.6 is 11.6 Å². The number of nitrogens with zero attached hydrogens (tertiary/aromatic N) is 1. The molecule has 1 heterocycles. The Hall–Kier alpha value is -1.64. The number of amides is 2. The van der Waals surface area contributed by atoms with Crippen molar-refractivity contribution in [3.05, 3.63) is 29.3 Å². The minimum absolute atomic E-state index is 0.207. The molecule has 1 aliphatic heterocycles. The largest absolute Gasteiger partial charge is 0.351 e. The molecule has 2 amide bonds. The van der Waals surface area contributed by atoms with Gasteiger partial charge in [0.25, 0.3) is 0 Å². The molecule has 1 aliphatic rings. The highest BCUT2D eigenvalue weighted by molar-refractivity contribution is 7.89. The van der Waals surface area contributed by atoms with Gasteiger partial charge < -0.3 is 10.6 Å². The van der Waals surface area contributed by atoms with Crippen molar-refractivity contribution in [2.75, 3.05) is 20.1 Å². The van der Waals surface area contributed by atoms with Crippen LogP contribution in [0.1, 0.15) is 25.7 Å². The lowest BCUT2D eigenvalue weighted by Gasteiger charge is -2.34. The van der Waals surface area contributed by atoms with Crippen LogP contribution in [0, 0.1) is 0 Å². The zero-order valence-corrected chi connectivity index (χ0v) is 15.6. The molecule has 1 saturated heterocycles. The van der Waals surface area contributed by atoms with Gasteiger partial charge in [0.05, 0.1) is 4.90 Å². The van der Waals surface area contributed by atoms with Crippen molar-refractivity contribution in [2.45, 2.75) is 36.6 Å². The molecule has 1 fully saturated rings. The summed E-state index contributed by atoms with van der Waals surface area (Å²) in [6.07, 6.45) is 2.91. The van der Waals surface area contributed by atoms with Crippen LogP contribution in [0.25, 0.3) is 0 Å². The predicted molar refractivity (Wildman–Crippen MR) is 94.7 cm³/mol. The van der Waals surface area contributed by atoms with E-state index in [1.165, 1.54) is 23.5 Å². The van der Waals surface area contributed by atoms with Crippen LogP contribution in [0.5, 0.6) is 0 Å². The average molecular weight is 388 g/mol. The van der Waals surface area contributed by atoms with Crippen LogP contribution in [0.3, 0.4) is 0 Å². The standard InChI is InChI=1S/C16H22ClN3O4S/c1-18-15(21)16(22)19-10-9-13-4-2-3-11-20(13)25(23,24)14-7-5-12(17)6-8-14/h5-8,13H,2-4,9-11H2,1H3,(H,18,21)(H,19,22). The third kappa shape index (κ3) is 4.93. The molecule has 9 heteroatoms. The second-order valence-electron chi connectivity index (χ2n) is 5.84. The summed E-state index contributed by atoms with van der Waals surface area (Å²) in [5.41, 5.74) is 0. The van der Waals surface area contributed by atoms with Crippen LogP contribution in [0.4, 0.5) is 0 Å². The fourth-order valence-corrected chi connectivity index (χ4v) is 4.72. The lowest BCUT2D eigenvalue weighted by atomic mass is 10.0. The molecule has 2 rings (SSSR count). The third-order valence-corrected chi connectivity index (χ3v) is 6.41. The fourth-order valence-electron chi connectivity index (χ4n) is 2.87. The van der Waals surface area contributed by atoms with Crippen molar-refractivity contribution in [2.24, 2.45) is 0 Å². The molecule has 1 aromatic carbocycles. The first-order valence-electron chi connectivity index (χ1n) is 8.13. The lowest BCUT2D eigenvalue weighted by molar-refractivity contribution is -0.138. The zero-order chi connectivity index (χ0) is 18.4. The number of carbonyl (C=O) groups is 2. The van der Waals surface area contributed by atoms with Crippen molar-refractivity contribution in [3.8, 4) is 0 Å². The maximum Gasteiger partial charge on any atom is 0.309 e. The van der Waals surface area contributed by atoms with Gasteiger partial charge in [-0.2, -0.15) is 4.31 Å². The SMILES string of the molecule is CNC(=O)C(=O)NCCC1CCCCN1S(=O)(=O)c1ccc(Cl)cc1. The van der Waals surface area contributed by atoms with E-state index in [1.807, 2.05) is 0 Å². The van der Waals surface area contributed by atoms with Crippen LogP contribution < -0.4 is 10.6 Å². The molecule has 0 aliphatic carbocycles. The maximum atomic E-state index is 12.9. The predicted octanol–water partition coefficient (Wildman–Crippen LogP) is 1.14. The van der Waals surface area contributed by atoms with E-state index in [1.54, 1.807) is 12.1 Å². The Labute approximate surface area is 152 Å². The molecule has 0 radical (unpaired) electrons. The number of piperidine rings is 1. The normalized spacial score (nSPS) is 18.6. The fraction of sp³-hybridized carbons (Fsp3) is 0.500. The number of nitrogens with one attached hydrogen (secondary N) is 2. The number of rotatable bonds is 5. The molecule has 0 spiro atoms. The topological polar surface area (TPSA) is 95.6 Å². The van der Waals surface area contributed by atoms with E-state index in [-0.39, 0.29) is 17.5 Å². The molecule has 0 bridgehead atoms. The molecule has 1 atom stereocenters. The number of benzene rings is 1. The Kier molecular flexibility index (Phi) is 6.80. The highest BCUT2D eigenvalue weighted by atomic mass is 35.5. The van der Waals surface area contributed by atoms with E-state index < -0.39 is 21.8 Å². The summed E-state index contributed by atoms with van der Waals surface area (Å²) in [4.78, 5) is 22.9. The smallest absolute Gasteiger partial charge is 0.309 e. The molecule has 0 saturated carbocycles. The van der Waals surface area contributed by atoms with E-state index in [2.05, 4.69) is 10.6 Å². The monoisotopic (exact) mass is 387 g/mol. The quantitative estimate of drug-likeness (QED) is 0.740. The second kappa shape index (κ2) is 8.64. The molecular formula is C16H22ClN3O4S. The van der Waals surface area contributed by atoms with Gasteiger partial charge in [0.15, 0.2) is 0 Å². The van der Waals surface area contributed by atoms with Gasteiger partial charge in [-0.25, -0.2) is 8.42 Å². The summed E-state index contributed by atoms with van der Waals surface area (Å²) >= 11 is 5.83. The zero-order valence-electron chi connectivity index (χ0n) is 14.0. The second-order valence-corrected chi connectivity index (χ2v) is 8.17. The highest BCUT2D eigenvalue weighted by Gasteiger charge is 2.33. The summed E-state index contributed by atoms with van der Waals surface area (Å²) in [6, 6.07) is 5.89. The molecule has 0 aromatic heterocycles. The minimum Gasteiger partial charge on any atom is -0.351 e. The molecule has 138 valence electrons. The molecule has 1 unspecified atom stereocenters. The van der Waals surface area contributed by atoms with Gasteiger partial charge >= 0.3 is 11.8 Å². The summed E-state index contributed by atoms with van der Waals surface area (Å²) in [5.74, 6) is -1.43. The number of likely N-dealkylation sites (N-methyl/N-ethyl adjacent to an activating group) is 1. The van der Waals surface area contributed by atoms with E-state index in [0.29, 0.717) is 18.0 Å². The third-order valence-electron chi connectivity index (χ3n) is 4.19. The van der Waals surface area contributed by atoms with Gasteiger partial charge in [0.1, 0.15) is 0 Å². The van der Waals surface area contributed by atoms with Crippen molar-refractivity contribution in [1.29, 1.82) is 0 Å². The summed E-state index contributed by atoms with van der Waals surface area (Å²) in [6.45, 7) is 0.683. The Balaban J connectivity index is 2.05. The van der Waals surface area contributed by atoms with Crippen molar-refractivity contribution < 1.29 is 18.0 Å². The summed E-state index contributed by atoms with van der Waals surface area (Å²) in [7, 11) is -2.24. The Morgan fingerprint density at radius 3 is 2.52 bits per heavy atom. The molecule has 1 aromatic rings. The van der Waals surface area contributed by atoms with Crippen LogP contribution in [0.2, 0.25) is 5.02 Å². The summed E-state index contributed by atoms with van der Waals surface area (Å²) < 4.78 is 27.3. The van der Waals surface area contributed by atoms with Crippen molar-refractivity contribution in [1.82, 2.24) is 14.9 Å². The molecule has 7 nitrogen and oxygen atoms in total. The number of hydrogen-bond acceptors (Lipinski definition) is 4. The summed E-state index contributed by atoms with van der Waals surface area (Å²) in [5, 5.41) is 5.23. The maximum absolute atomic E-state index is 12.9. The van der Waals surface area contributed by atoms with Gasteiger partial charge in [-0.1, -0.05) is 18.0 Å². The number of halogens is 1. The van der Waals surface area contributed by atoms with Crippen LogP contribution in [-0.2, 0) is 19.6 Å². The van der Waals surface area contributed by atoms with E-state index in [9.17, 15) is 18.0 Å². The molecular weight excluding hydrogens is 366 g/mol. The van der Waals surface area contributed by atoms with E-state index >= 15 is 0 Å². The van der Waals surface area contributed by atoms with Crippen LogP contribution in [-0.4, -0.2) is 50.7 Å². The Morgan fingerprint density at radius 2 is 1.88 bits per heavy atom. The highest BCUT2D eigenvalue weighted by Crippen LogP contribution is 2.27. The van der Waals surface area contributed by atoms with Gasteiger partial charge in [-0.05, 0) is 43.5 Å². The lowest BCUT2D eigenvalue weighted by Crippen LogP contribution is -2.46. The average Bonchev–Trinajstić information content (AvgIpc) is 2.61. The Morgan fingerprint density at radius 1 is 1.20 bits per heavy atom. The van der Waals surface area contributed by atoms with Gasteiger partial charge in [-0.3, -0.25) is 9.59 Å². The molecule has 2 N–H and O–H groups in total. The minimum atomic E-state index is -3.62. The van der Waals surface area contributed by atoms with Crippen molar-refractivity contribution in [3.63, 3.8) is 0 Å². The van der Waals surface area contributed by atoms with E-state index in [4.69, 9.17) is 11.6 Å². The first-order chi connectivity index (χ1) is 11.9.